The number of guanidine groups is 2. The number of aryl methyl sites for hydroxylation is 2. The molecule has 0 saturated heterocycles. The molecule has 1 unspecified atom stereocenters. The summed E-state index contributed by atoms with van der Waals surface area (Å²) < 4.78 is 5.25. The molecule has 30 heavy (non-hydrogen) atoms. The highest BCUT2D eigenvalue weighted by molar-refractivity contribution is 6.11. The van der Waals surface area contributed by atoms with E-state index >= 15 is 0 Å². The highest BCUT2D eigenvalue weighted by Crippen LogP contribution is 2.25. The van der Waals surface area contributed by atoms with Crippen molar-refractivity contribution in [2.24, 2.45) is 15.7 Å². The van der Waals surface area contributed by atoms with Crippen LogP contribution in [-0.2, 0) is 9.59 Å². The Morgan fingerprint density at radius 1 is 1.20 bits per heavy atom. The van der Waals surface area contributed by atoms with Crippen LogP contribution in [-0.4, -0.2) is 36.9 Å². The number of benzene rings is 2. The third-order valence-corrected chi connectivity index (χ3v) is 4.34. The number of rotatable bonds is 5. The number of anilines is 2. The predicted molar refractivity (Wildman–Crippen MR) is 117 cm³/mol. The van der Waals surface area contributed by atoms with Crippen LogP contribution >= 0.6 is 0 Å². The van der Waals surface area contributed by atoms with Gasteiger partial charge in [0, 0.05) is 5.69 Å². The quantitative estimate of drug-likeness (QED) is 0.444. The Balaban J connectivity index is 1.64. The summed E-state index contributed by atoms with van der Waals surface area (Å²) in [5, 5.41) is 8.22. The molecule has 3 rings (SSSR count). The zero-order chi connectivity index (χ0) is 21.7. The molecule has 0 spiro atoms. The Morgan fingerprint density at radius 3 is 2.70 bits per heavy atom. The van der Waals surface area contributed by atoms with Crippen LogP contribution in [0.3, 0.4) is 0 Å². The van der Waals surface area contributed by atoms with Crippen molar-refractivity contribution < 1.29 is 14.3 Å². The number of methoxy groups -OCH3 is 1. The number of hydrogen-bond donors (Lipinski definition) is 4. The summed E-state index contributed by atoms with van der Waals surface area (Å²) in [4.78, 5) is 32.8. The van der Waals surface area contributed by atoms with Gasteiger partial charge in [-0.05, 0) is 49.2 Å². The van der Waals surface area contributed by atoms with Crippen molar-refractivity contribution in [2.45, 2.75) is 26.3 Å². The van der Waals surface area contributed by atoms with E-state index in [2.05, 4.69) is 25.9 Å². The van der Waals surface area contributed by atoms with Gasteiger partial charge in [-0.1, -0.05) is 18.2 Å². The van der Waals surface area contributed by atoms with E-state index in [0.29, 0.717) is 11.4 Å². The number of carbonyl (C=O) groups excluding carboxylic acids is 2. The van der Waals surface area contributed by atoms with E-state index in [0.717, 1.165) is 16.8 Å². The largest absolute Gasteiger partial charge is 0.495 e. The molecule has 1 aliphatic rings. The minimum absolute atomic E-state index is 0.0589. The van der Waals surface area contributed by atoms with E-state index in [1.54, 1.807) is 12.1 Å². The highest BCUT2D eigenvalue weighted by Gasteiger charge is 2.29. The van der Waals surface area contributed by atoms with Gasteiger partial charge in [0.05, 0.1) is 19.2 Å². The van der Waals surface area contributed by atoms with Crippen LogP contribution in [0.5, 0.6) is 5.75 Å². The Labute approximate surface area is 174 Å². The minimum Gasteiger partial charge on any atom is -0.495 e. The topological polar surface area (TPSA) is 130 Å². The van der Waals surface area contributed by atoms with Crippen LogP contribution in [0.1, 0.15) is 17.5 Å². The van der Waals surface area contributed by atoms with Gasteiger partial charge in [0.1, 0.15) is 11.8 Å². The molecular weight excluding hydrogens is 384 g/mol. The smallest absolute Gasteiger partial charge is 0.252 e. The number of nitrogens with one attached hydrogen (secondary N) is 3. The van der Waals surface area contributed by atoms with Crippen molar-refractivity contribution in [2.75, 3.05) is 17.7 Å². The normalized spacial score (nSPS) is 16.0. The zero-order valence-electron chi connectivity index (χ0n) is 17.0. The molecule has 0 aliphatic carbocycles. The minimum atomic E-state index is -0.883. The lowest BCUT2D eigenvalue weighted by Gasteiger charge is -2.11. The maximum absolute atomic E-state index is 12.4. The van der Waals surface area contributed by atoms with Gasteiger partial charge in [-0.2, -0.15) is 4.99 Å². The maximum atomic E-state index is 12.4. The molecule has 156 valence electrons. The van der Waals surface area contributed by atoms with Crippen molar-refractivity contribution in [1.82, 2.24) is 5.32 Å². The summed E-state index contributed by atoms with van der Waals surface area (Å²) in [6, 6.07) is 12.2. The summed E-state index contributed by atoms with van der Waals surface area (Å²) in [5.74, 6) is -0.103. The number of nitrogens with two attached hydrogens (primary N) is 1. The van der Waals surface area contributed by atoms with E-state index in [1.807, 2.05) is 44.2 Å². The molecule has 1 aliphatic heterocycles. The van der Waals surface area contributed by atoms with E-state index in [4.69, 9.17) is 10.5 Å². The monoisotopic (exact) mass is 408 g/mol. The van der Waals surface area contributed by atoms with Gasteiger partial charge in [0.25, 0.3) is 5.91 Å². The van der Waals surface area contributed by atoms with Crippen molar-refractivity contribution in [3.05, 3.63) is 53.6 Å². The summed E-state index contributed by atoms with van der Waals surface area (Å²) in [6.45, 7) is 3.87. The molecular formula is C21H24N6O3. The molecule has 0 bridgehead atoms. The van der Waals surface area contributed by atoms with Crippen LogP contribution in [0.15, 0.2) is 52.4 Å². The number of hydrogen-bond acceptors (Lipinski definition) is 5. The van der Waals surface area contributed by atoms with Crippen molar-refractivity contribution in [3.63, 3.8) is 0 Å². The Bertz CT molecular complexity index is 1030. The first-order valence-electron chi connectivity index (χ1n) is 9.35. The first-order valence-corrected chi connectivity index (χ1v) is 9.35. The first kappa shape index (κ1) is 20.8. The summed E-state index contributed by atoms with van der Waals surface area (Å²) in [6.07, 6.45) is -0.132. The zero-order valence-corrected chi connectivity index (χ0v) is 17.0. The average Bonchev–Trinajstić information content (AvgIpc) is 3.00. The third-order valence-electron chi connectivity index (χ3n) is 4.34. The second-order valence-corrected chi connectivity index (χ2v) is 6.91. The fourth-order valence-corrected chi connectivity index (χ4v) is 2.94. The summed E-state index contributed by atoms with van der Waals surface area (Å²) in [5.41, 5.74) is 9.23. The standard InChI is InChI=1S/C21H24N6O3/c1-12-5-4-6-14(9-12)23-20(22)27-21-25-16(19(29)26-21)11-18(28)24-15-10-13(2)7-8-17(15)30-3/h4-10,16H,11H2,1-3H3,(H,24,28)(H4,22,23,25,26,27,29). The fraction of sp³-hybridized carbons (Fsp3) is 0.238. The van der Waals surface area contributed by atoms with Gasteiger partial charge in [0.15, 0.2) is 0 Å². The van der Waals surface area contributed by atoms with Crippen LogP contribution in [0.4, 0.5) is 11.4 Å². The van der Waals surface area contributed by atoms with Gasteiger partial charge in [-0.15, -0.1) is 0 Å². The van der Waals surface area contributed by atoms with Crippen LogP contribution in [0, 0.1) is 13.8 Å². The first-order chi connectivity index (χ1) is 14.3. The van der Waals surface area contributed by atoms with Gasteiger partial charge in [-0.25, -0.2) is 4.99 Å². The fourth-order valence-electron chi connectivity index (χ4n) is 2.94. The lowest BCUT2D eigenvalue weighted by Crippen LogP contribution is -2.32. The summed E-state index contributed by atoms with van der Waals surface area (Å²) in [7, 11) is 1.52. The van der Waals surface area contributed by atoms with Gasteiger partial charge in [0.2, 0.25) is 17.8 Å². The number of carbonyl (C=O) groups is 2. The second kappa shape index (κ2) is 9.08. The molecule has 5 N–H and O–H groups in total. The lowest BCUT2D eigenvalue weighted by molar-refractivity contribution is -0.123. The number of nitrogens with zero attached hydrogens (tertiary/aromatic N) is 2. The summed E-state index contributed by atoms with van der Waals surface area (Å²) >= 11 is 0. The molecule has 9 nitrogen and oxygen atoms in total. The Kier molecular flexibility index (Phi) is 6.31. The molecule has 0 fully saturated rings. The number of ether oxygens (including phenoxy) is 1. The highest BCUT2D eigenvalue weighted by atomic mass is 16.5. The molecule has 1 heterocycles. The molecule has 2 amide bonds. The molecule has 0 saturated carbocycles. The van der Waals surface area contributed by atoms with Crippen molar-refractivity contribution >= 4 is 35.1 Å². The van der Waals surface area contributed by atoms with E-state index < -0.39 is 11.9 Å². The van der Waals surface area contributed by atoms with Crippen LogP contribution in [0.2, 0.25) is 0 Å². The molecule has 9 heteroatoms. The molecule has 0 aromatic heterocycles. The molecule has 0 radical (unpaired) electrons. The molecule has 2 aromatic carbocycles. The van der Waals surface area contributed by atoms with Crippen molar-refractivity contribution in [3.8, 4) is 5.75 Å². The Morgan fingerprint density at radius 2 is 1.97 bits per heavy atom. The number of aliphatic imine (C=N–C) groups is 2. The van der Waals surface area contributed by atoms with Gasteiger partial charge < -0.3 is 21.1 Å². The van der Waals surface area contributed by atoms with Crippen LogP contribution in [0.25, 0.3) is 0 Å². The number of amides is 2. The Hall–Kier alpha value is -3.88. The SMILES string of the molecule is COc1ccc(C)cc1NC(=O)CC1N=C(/N=C(\N)Nc2cccc(C)c2)NC1=O. The molecule has 2 aromatic rings. The van der Waals surface area contributed by atoms with E-state index in [1.165, 1.54) is 7.11 Å². The van der Waals surface area contributed by atoms with Crippen molar-refractivity contribution in [1.29, 1.82) is 0 Å². The lowest BCUT2D eigenvalue weighted by atomic mass is 10.1. The van der Waals surface area contributed by atoms with Gasteiger partial charge in [-0.3, -0.25) is 14.9 Å². The molecule has 1 atom stereocenters. The maximum Gasteiger partial charge on any atom is 0.252 e. The van der Waals surface area contributed by atoms with Gasteiger partial charge >= 0.3 is 0 Å². The average molecular weight is 408 g/mol. The second-order valence-electron chi connectivity index (χ2n) is 6.91. The van der Waals surface area contributed by atoms with E-state index in [9.17, 15) is 9.59 Å². The van der Waals surface area contributed by atoms with Crippen LogP contribution < -0.4 is 26.4 Å². The third kappa shape index (κ3) is 5.34. The van der Waals surface area contributed by atoms with E-state index in [-0.39, 0.29) is 24.2 Å². The predicted octanol–water partition coefficient (Wildman–Crippen LogP) is 1.92.